The van der Waals surface area contributed by atoms with Crippen molar-refractivity contribution in [3.8, 4) is 23.0 Å². The van der Waals surface area contributed by atoms with Crippen molar-refractivity contribution in [3.05, 3.63) is 45.5 Å². The van der Waals surface area contributed by atoms with Crippen LogP contribution in [0.25, 0.3) is 0 Å². The molecule has 0 fully saturated rings. The van der Waals surface area contributed by atoms with E-state index in [1.807, 2.05) is 27.7 Å². The Balaban J connectivity index is 2.22. The largest absolute Gasteiger partial charge is 0.508 e. The SMILES string of the molecule is Cc1c(O)cc2c(c1C)Oc1c(cc(O)c(C)c1C)C2. The lowest BCUT2D eigenvalue weighted by molar-refractivity contribution is 0.433. The molecule has 0 saturated carbocycles. The zero-order chi connectivity index (χ0) is 14.6. The summed E-state index contributed by atoms with van der Waals surface area (Å²) in [7, 11) is 0. The molecule has 0 unspecified atom stereocenters. The van der Waals surface area contributed by atoms with Gasteiger partial charge in [0.2, 0.25) is 0 Å². The number of benzene rings is 2. The topological polar surface area (TPSA) is 49.7 Å². The van der Waals surface area contributed by atoms with Gasteiger partial charge in [-0.3, -0.25) is 0 Å². The Morgan fingerprint density at radius 1 is 0.750 bits per heavy atom. The highest BCUT2D eigenvalue weighted by Gasteiger charge is 2.24. The van der Waals surface area contributed by atoms with Crippen LogP contribution in [0, 0.1) is 27.7 Å². The molecule has 0 atom stereocenters. The molecule has 0 radical (unpaired) electrons. The molecule has 1 heterocycles. The van der Waals surface area contributed by atoms with E-state index in [0.29, 0.717) is 17.9 Å². The smallest absolute Gasteiger partial charge is 0.134 e. The fourth-order valence-electron chi connectivity index (χ4n) is 2.74. The molecule has 2 aromatic rings. The lowest BCUT2D eigenvalue weighted by Gasteiger charge is -2.26. The van der Waals surface area contributed by atoms with E-state index in [1.54, 1.807) is 12.1 Å². The van der Waals surface area contributed by atoms with E-state index in [1.165, 1.54) is 0 Å². The molecule has 2 aromatic carbocycles. The minimum atomic E-state index is 0.293. The summed E-state index contributed by atoms with van der Waals surface area (Å²) >= 11 is 0. The van der Waals surface area contributed by atoms with Crippen molar-refractivity contribution < 1.29 is 14.9 Å². The maximum atomic E-state index is 9.95. The molecular weight excluding hydrogens is 252 g/mol. The van der Waals surface area contributed by atoms with Gasteiger partial charge in [-0.2, -0.15) is 0 Å². The highest BCUT2D eigenvalue weighted by Crippen LogP contribution is 2.45. The van der Waals surface area contributed by atoms with Gasteiger partial charge in [0.25, 0.3) is 0 Å². The molecule has 0 amide bonds. The zero-order valence-electron chi connectivity index (χ0n) is 12.2. The van der Waals surface area contributed by atoms with E-state index in [-0.39, 0.29) is 0 Å². The van der Waals surface area contributed by atoms with E-state index in [4.69, 9.17) is 4.74 Å². The van der Waals surface area contributed by atoms with Crippen LogP contribution >= 0.6 is 0 Å². The summed E-state index contributed by atoms with van der Waals surface area (Å²) in [5.74, 6) is 2.25. The van der Waals surface area contributed by atoms with Gasteiger partial charge in [-0.25, -0.2) is 0 Å². The van der Waals surface area contributed by atoms with Gasteiger partial charge in [0, 0.05) is 17.5 Å². The molecule has 0 saturated heterocycles. The third-order valence-corrected chi connectivity index (χ3v) is 4.36. The summed E-state index contributed by atoms with van der Waals surface area (Å²) in [6.07, 6.45) is 0.661. The summed E-state index contributed by atoms with van der Waals surface area (Å²) in [6.45, 7) is 7.69. The van der Waals surface area contributed by atoms with Gasteiger partial charge in [-0.15, -0.1) is 0 Å². The van der Waals surface area contributed by atoms with E-state index in [2.05, 4.69) is 0 Å². The van der Waals surface area contributed by atoms with E-state index in [0.717, 1.165) is 44.9 Å². The third-order valence-electron chi connectivity index (χ3n) is 4.36. The van der Waals surface area contributed by atoms with Crippen molar-refractivity contribution in [1.82, 2.24) is 0 Å². The lowest BCUT2D eigenvalue weighted by Crippen LogP contribution is -2.07. The summed E-state index contributed by atoms with van der Waals surface area (Å²) < 4.78 is 6.09. The summed E-state index contributed by atoms with van der Waals surface area (Å²) in [5.41, 5.74) is 5.55. The average molecular weight is 270 g/mol. The molecule has 20 heavy (non-hydrogen) atoms. The number of fused-ring (bicyclic) bond motifs is 2. The van der Waals surface area contributed by atoms with Crippen LogP contribution in [0.2, 0.25) is 0 Å². The van der Waals surface area contributed by atoms with Gasteiger partial charge in [0.1, 0.15) is 23.0 Å². The highest BCUT2D eigenvalue weighted by atomic mass is 16.5. The van der Waals surface area contributed by atoms with Gasteiger partial charge in [0.15, 0.2) is 0 Å². The molecule has 1 aliphatic heterocycles. The van der Waals surface area contributed by atoms with Crippen LogP contribution in [-0.2, 0) is 6.42 Å². The van der Waals surface area contributed by atoms with Crippen LogP contribution in [0.15, 0.2) is 12.1 Å². The first kappa shape index (κ1) is 12.9. The first-order chi connectivity index (χ1) is 9.40. The monoisotopic (exact) mass is 270 g/mol. The fraction of sp³-hybridized carbons (Fsp3) is 0.294. The maximum absolute atomic E-state index is 9.95. The number of phenolic OH excluding ortho intramolecular Hbond substituents is 2. The molecule has 0 spiro atoms. The summed E-state index contributed by atoms with van der Waals surface area (Å²) in [4.78, 5) is 0. The molecule has 3 nitrogen and oxygen atoms in total. The Bertz CT molecular complexity index is 668. The summed E-state index contributed by atoms with van der Waals surface area (Å²) in [5, 5.41) is 19.9. The fourth-order valence-corrected chi connectivity index (χ4v) is 2.74. The summed E-state index contributed by atoms with van der Waals surface area (Å²) in [6, 6.07) is 3.51. The maximum Gasteiger partial charge on any atom is 0.134 e. The molecule has 3 heteroatoms. The number of ether oxygens (including phenoxy) is 1. The van der Waals surface area contributed by atoms with Crippen LogP contribution in [0.5, 0.6) is 23.0 Å². The standard InChI is InChI=1S/C17H18O3/c1-8-10(3)16-12(6-14(8)18)5-13-7-15(19)9(2)11(4)17(13)20-16/h6-7,18-19H,5H2,1-4H3. The Kier molecular flexibility index (Phi) is 2.68. The molecule has 2 N–H and O–H groups in total. The first-order valence-corrected chi connectivity index (χ1v) is 6.72. The molecule has 1 aliphatic rings. The average Bonchev–Trinajstić information content (AvgIpc) is 2.41. The van der Waals surface area contributed by atoms with E-state index < -0.39 is 0 Å². The van der Waals surface area contributed by atoms with Crippen molar-refractivity contribution in [3.63, 3.8) is 0 Å². The van der Waals surface area contributed by atoms with Crippen molar-refractivity contribution in [2.24, 2.45) is 0 Å². The molecule has 0 aliphatic carbocycles. The molecule has 3 rings (SSSR count). The van der Waals surface area contributed by atoms with Gasteiger partial charge in [-0.1, -0.05) is 0 Å². The van der Waals surface area contributed by atoms with E-state index in [9.17, 15) is 10.2 Å². The second-order valence-corrected chi connectivity index (χ2v) is 5.55. The zero-order valence-corrected chi connectivity index (χ0v) is 12.2. The Morgan fingerprint density at radius 3 is 1.55 bits per heavy atom. The Morgan fingerprint density at radius 2 is 1.15 bits per heavy atom. The van der Waals surface area contributed by atoms with Gasteiger partial charge >= 0.3 is 0 Å². The molecular formula is C17H18O3. The van der Waals surface area contributed by atoms with Crippen molar-refractivity contribution in [1.29, 1.82) is 0 Å². The number of rotatable bonds is 0. The quantitative estimate of drug-likeness (QED) is 0.648. The third kappa shape index (κ3) is 1.66. The number of phenols is 2. The first-order valence-electron chi connectivity index (χ1n) is 6.72. The van der Waals surface area contributed by atoms with Crippen LogP contribution in [0.1, 0.15) is 33.4 Å². The Labute approximate surface area is 118 Å². The van der Waals surface area contributed by atoms with Gasteiger partial charge < -0.3 is 14.9 Å². The predicted molar refractivity (Wildman–Crippen MR) is 78.0 cm³/mol. The highest BCUT2D eigenvalue weighted by molar-refractivity contribution is 5.62. The molecule has 0 aromatic heterocycles. The second-order valence-electron chi connectivity index (χ2n) is 5.55. The van der Waals surface area contributed by atoms with Crippen molar-refractivity contribution in [2.45, 2.75) is 34.1 Å². The number of aromatic hydroxyl groups is 2. The minimum absolute atomic E-state index is 0.293. The number of hydrogen-bond donors (Lipinski definition) is 2. The molecule has 104 valence electrons. The van der Waals surface area contributed by atoms with Crippen LogP contribution in [0.3, 0.4) is 0 Å². The number of hydrogen-bond acceptors (Lipinski definition) is 3. The van der Waals surface area contributed by atoms with Crippen molar-refractivity contribution >= 4 is 0 Å². The lowest BCUT2D eigenvalue weighted by atomic mass is 9.92. The second kappa shape index (κ2) is 4.17. The minimum Gasteiger partial charge on any atom is -0.508 e. The normalized spacial score (nSPS) is 12.6. The van der Waals surface area contributed by atoms with Crippen LogP contribution < -0.4 is 4.74 Å². The van der Waals surface area contributed by atoms with Crippen molar-refractivity contribution in [2.75, 3.05) is 0 Å². The Hall–Kier alpha value is -2.16. The van der Waals surface area contributed by atoms with E-state index >= 15 is 0 Å². The van der Waals surface area contributed by atoms with Gasteiger partial charge in [0.05, 0.1) is 0 Å². The predicted octanol–water partition coefficient (Wildman–Crippen LogP) is 4.03. The van der Waals surface area contributed by atoms with Crippen LogP contribution in [0.4, 0.5) is 0 Å². The molecule has 0 bridgehead atoms. The van der Waals surface area contributed by atoms with Crippen LogP contribution in [-0.4, -0.2) is 10.2 Å². The van der Waals surface area contributed by atoms with Gasteiger partial charge in [-0.05, 0) is 62.1 Å².